The summed E-state index contributed by atoms with van der Waals surface area (Å²) in [6, 6.07) is 0. The van der Waals surface area contributed by atoms with Gasteiger partial charge in [-0.25, -0.2) is 0 Å². The van der Waals surface area contributed by atoms with Gasteiger partial charge in [-0.2, -0.15) is 0 Å². The van der Waals surface area contributed by atoms with Crippen LogP contribution in [0.4, 0.5) is 0 Å². The topological polar surface area (TPSA) is 18.5 Å². The Hall–Kier alpha value is 0.0774. The fraction of sp³-hybridized carbons (Fsp3) is 0.750. The molecule has 0 aromatic carbocycles. The van der Waals surface area contributed by atoms with Crippen molar-refractivity contribution in [3.8, 4) is 5.92 Å². The molecular formula is C8H11LiO2. The summed E-state index contributed by atoms with van der Waals surface area (Å²) in [5.74, 6) is 2.16. The van der Waals surface area contributed by atoms with Gasteiger partial charge < -0.3 is 21.8 Å². The van der Waals surface area contributed by atoms with Gasteiger partial charge >= 0.3 is 18.9 Å². The summed E-state index contributed by atoms with van der Waals surface area (Å²) in [4.78, 5) is 0. The molecule has 1 aliphatic heterocycles. The molecule has 0 aromatic heterocycles. The van der Waals surface area contributed by atoms with E-state index in [0.29, 0.717) is 0 Å². The maximum atomic E-state index is 6.59. The average molecular weight is 146 g/mol. The Labute approximate surface area is 79.8 Å². The summed E-state index contributed by atoms with van der Waals surface area (Å²) in [5.41, 5.74) is 0. The van der Waals surface area contributed by atoms with Crippen LogP contribution in [0.5, 0.6) is 0 Å². The van der Waals surface area contributed by atoms with E-state index in [9.17, 15) is 0 Å². The van der Waals surface area contributed by atoms with Gasteiger partial charge in [0.1, 0.15) is 0 Å². The van der Waals surface area contributed by atoms with E-state index in [2.05, 4.69) is 5.92 Å². The number of rotatable bonds is 2. The molecule has 56 valence electrons. The monoisotopic (exact) mass is 146 g/mol. The number of hydrogen-bond acceptors (Lipinski definition) is 2. The Morgan fingerprint density at radius 2 is 2.36 bits per heavy atom. The Bertz CT molecular complexity index is 125. The van der Waals surface area contributed by atoms with E-state index in [4.69, 9.17) is 15.9 Å². The van der Waals surface area contributed by atoms with Crippen LogP contribution in [0.25, 0.3) is 0 Å². The third kappa shape index (κ3) is 4.51. The van der Waals surface area contributed by atoms with Crippen LogP contribution < -0.4 is 18.9 Å². The maximum absolute atomic E-state index is 6.59. The Kier molecular flexibility index (Phi) is 6.81. The molecule has 11 heavy (non-hydrogen) atoms. The summed E-state index contributed by atoms with van der Waals surface area (Å²) in [6.07, 6.45) is 9.78. The van der Waals surface area contributed by atoms with Crippen LogP contribution in [-0.2, 0) is 9.47 Å². The van der Waals surface area contributed by atoms with E-state index in [1.165, 1.54) is 6.42 Å². The van der Waals surface area contributed by atoms with Crippen LogP contribution >= 0.6 is 0 Å². The second kappa shape index (κ2) is 6.77. The molecule has 1 unspecified atom stereocenters. The quantitative estimate of drug-likeness (QED) is 0.258. The second-order valence-electron chi connectivity index (χ2n) is 2.28. The predicted molar refractivity (Wildman–Crippen MR) is 36.7 cm³/mol. The van der Waals surface area contributed by atoms with Crippen LogP contribution in [0.1, 0.15) is 19.3 Å². The molecule has 0 radical (unpaired) electrons. The van der Waals surface area contributed by atoms with E-state index in [-0.39, 0.29) is 31.8 Å². The standard InChI is InChI=1S/C8H11O2.Li/c1-2-6-9-8-5-3-4-7-10-8;/h8H,3-7H2;/q-1;+1. The Balaban J connectivity index is 0.000001000. The van der Waals surface area contributed by atoms with E-state index in [1.54, 1.807) is 0 Å². The van der Waals surface area contributed by atoms with Gasteiger partial charge in [0.25, 0.3) is 0 Å². The summed E-state index contributed by atoms with van der Waals surface area (Å²) >= 11 is 0. The molecule has 1 fully saturated rings. The van der Waals surface area contributed by atoms with Crippen LogP contribution in [0, 0.1) is 12.3 Å². The molecule has 3 heteroatoms. The molecule has 0 N–H and O–H groups in total. The molecule has 0 saturated carbocycles. The third-order valence-electron chi connectivity index (χ3n) is 1.48. The first-order valence-electron chi connectivity index (χ1n) is 3.56. The fourth-order valence-corrected chi connectivity index (χ4v) is 0.977. The fourth-order valence-electron chi connectivity index (χ4n) is 0.977. The summed E-state index contributed by atoms with van der Waals surface area (Å²) in [6.45, 7) is 1.05. The molecule has 1 saturated heterocycles. The molecule has 0 aliphatic carbocycles. The van der Waals surface area contributed by atoms with Crippen molar-refractivity contribution < 1.29 is 28.3 Å². The summed E-state index contributed by atoms with van der Waals surface area (Å²) in [5, 5.41) is 0. The van der Waals surface area contributed by atoms with Crippen molar-refractivity contribution in [2.45, 2.75) is 25.6 Å². The third-order valence-corrected chi connectivity index (χ3v) is 1.48. The molecular weight excluding hydrogens is 135 g/mol. The van der Waals surface area contributed by atoms with E-state index in [1.807, 2.05) is 0 Å². The van der Waals surface area contributed by atoms with Gasteiger partial charge in [0.15, 0.2) is 6.29 Å². The van der Waals surface area contributed by atoms with Gasteiger partial charge in [-0.1, -0.05) is 0 Å². The maximum Gasteiger partial charge on any atom is 1.00 e. The van der Waals surface area contributed by atoms with Crippen LogP contribution in [0.3, 0.4) is 0 Å². The first-order valence-corrected chi connectivity index (χ1v) is 3.56. The molecule has 0 aromatic rings. The molecule has 1 heterocycles. The summed E-state index contributed by atoms with van der Waals surface area (Å²) < 4.78 is 10.3. The van der Waals surface area contributed by atoms with Crippen LogP contribution in [-0.4, -0.2) is 19.5 Å². The first kappa shape index (κ1) is 11.1. The molecule has 0 amide bonds. The molecule has 2 nitrogen and oxygen atoms in total. The van der Waals surface area contributed by atoms with Crippen molar-refractivity contribution >= 4 is 0 Å². The van der Waals surface area contributed by atoms with Crippen LogP contribution in [0.2, 0.25) is 0 Å². The van der Waals surface area contributed by atoms with Gasteiger partial charge in [0.2, 0.25) is 0 Å². The largest absolute Gasteiger partial charge is 1.00 e. The minimum Gasteiger partial charge on any atom is -0.691 e. The van der Waals surface area contributed by atoms with Crippen molar-refractivity contribution in [2.24, 2.45) is 0 Å². The normalized spacial score (nSPS) is 23.4. The van der Waals surface area contributed by atoms with Crippen molar-refractivity contribution in [1.82, 2.24) is 0 Å². The molecule has 1 aliphatic rings. The SMILES string of the molecule is [C-]#CCOC1CCCCO1.[Li+]. The zero-order chi connectivity index (χ0) is 7.23. The molecule has 1 rings (SSSR count). The number of hydrogen-bond donors (Lipinski definition) is 0. The molecule has 1 atom stereocenters. The van der Waals surface area contributed by atoms with Crippen molar-refractivity contribution in [3.05, 3.63) is 6.42 Å². The van der Waals surface area contributed by atoms with E-state index >= 15 is 0 Å². The zero-order valence-corrected chi connectivity index (χ0v) is 6.93. The van der Waals surface area contributed by atoms with Crippen molar-refractivity contribution in [2.75, 3.05) is 13.2 Å². The van der Waals surface area contributed by atoms with Gasteiger partial charge in [-0.3, -0.25) is 0 Å². The minimum absolute atomic E-state index is 0. The average Bonchev–Trinajstić information content (AvgIpc) is 2.03. The predicted octanol–water partition coefficient (Wildman–Crippen LogP) is -1.88. The molecule has 0 bridgehead atoms. The van der Waals surface area contributed by atoms with Crippen molar-refractivity contribution in [3.63, 3.8) is 0 Å². The Morgan fingerprint density at radius 3 is 2.91 bits per heavy atom. The molecule has 0 spiro atoms. The van der Waals surface area contributed by atoms with Gasteiger partial charge in [-0.15, -0.1) is 0 Å². The minimum atomic E-state index is -0.0772. The van der Waals surface area contributed by atoms with Gasteiger partial charge in [0.05, 0.1) is 6.61 Å². The van der Waals surface area contributed by atoms with Crippen molar-refractivity contribution in [1.29, 1.82) is 0 Å². The Morgan fingerprint density at radius 1 is 1.55 bits per heavy atom. The summed E-state index contributed by atoms with van der Waals surface area (Å²) in [7, 11) is 0. The van der Waals surface area contributed by atoms with Crippen LogP contribution in [0.15, 0.2) is 0 Å². The number of ether oxygens (including phenoxy) is 2. The van der Waals surface area contributed by atoms with Gasteiger partial charge in [0, 0.05) is 6.61 Å². The zero-order valence-electron chi connectivity index (χ0n) is 6.93. The van der Waals surface area contributed by atoms with E-state index < -0.39 is 0 Å². The van der Waals surface area contributed by atoms with E-state index in [0.717, 1.165) is 19.4 Å². The first-order chi connectivity index (χ1) is 4.93. The van der Waals surface area contributed by atoms with Gasteiger partial charge in [-0.05, 0) is 19.3 Å². The smallest absolute Gasteiger partial charge is 0.691 e. The second-order valence-corrected chi connectivity index (χ2v) is 2.28.